The summed E-state index contributed by atoms with van der Waals surface area (Å²) in [6.07, 6.45) is 43.1. The lowest BCUT2D eigenvalue weighted by atomic mass is 9.96. The first-order valence-electron chi connectivity index (χ1n) is 38.7. The van der Waals surface area contributed by atoms with Crippen LogP contribution in [0.25, 0.3) is 0 Å². The molecule has 17 unspecified atom stereocenters. The maximum atomic E-state index is 13.4. The largest absolute Gasteiger partial charge is 0.394 e. The summed E-state index contributed by atoms with van der Waals surface area (Å²) >= 11 is 0. The van der Waals surface area contributed by atoms with Crippen molar-refractivity contribution < 1.29 is 89.4 Å². The number of aliphatic hydroxyl groups excluding tert-OH is 11. The van der Waals surface area contributed by atoms with Gasteiger partial charge in [0.15, 0.2) is 18.9 Å². The van der Waals surface area contributed by atoms with E-state index in [1.165, 1.54) is 231 Å². The zero-order chi connectivity index (χ0) is 68.9. The molecule has 19 nitrogen and oxygen atoms in total. The zero-order valence-corrected chi connectivity index (χ0v) is 59.4. The van der Waals surface area contributed by atoms with E-state index in [1.807, 2.05) is 6.08 Å². The molecule has 19 heteroatoms. The van der Waals surface area contributed by atoms with Crippen LogP contribution in [0.1, 0.15) is 309 Å². The van der Waals surface area contributed by atoms with Gasteiger partial charge in [0.05, 0.1) is 38.6 Å². The highest BCUT2D eigenvalue weighted by atomic mass is 16.8. The van der Waals surface area contributed by atoms with Gasteiger partial charge in [-0.1, -0.05) is 294 Å². The Morgan fingerprint density at radius 2 is 0.674 bits per heavy atom. The van der Waals surface area contributed by atoms with Crippen molar-refractivity contribution in [3.8, 4) is 0 Å². The molecule has 0 aromatic heterocycles. The second-order valence-electron chi connectivity index (χ2n) is 27.8. The maximum absolute atomic E-state index is 13.4. The lowest BCUT2D eigenvalue weighted by Crippen LogP contribution is -2.66. The molecule has 3 saturated heterocycles. The van der Waals surface area contributed by atoms with E-state index in [0.29, 0.717) is 12.8 Å². The number of carbonyl (C=O) groups is 1. The molecule has 3 heterocycles. The fraction of sp³-hybridized carbons (Fsp3) is 0.908. The average Bonchev–Trinajstić information content (AvgIpc) is 0.787. The molecule has 17 atom stereocenters. The predicted octanol–water partition coefficient (Wildman–Crippen LogP) is 11.9. The zero-order valence-electron chi connectivity index (χ0n) is 59.4. The molecular formula is C76H141NO18. The van der Waals surface area contributed by atoms with Crippen molar-refractivity contribution in [1.82, 2.24) is 5.32 Å². The molecule has 0 aromatic rings. The fourth-order valence-corrected chi connectivity index (χ4v) is 13.2. The number of carbonyl (C=O) groups excluding carboxylic acids is 1. The quantitative estimate of drug-likeness (QED) is 0.0199. The normalized spacial score (nSPS) is 27.4. The molecule has 12 N–H and O–H groups in total. The van der Waals surface area contributed by atoms with Gasteiger partial charge in [-0.15, -0.1) is 0 Å². The Labute approximate surface area is 574 Å². The first-order valence-corrected chi connectivity index (χ1v) is 38.7. The molecule has 3 aliphatic heterocycles. The topological polar surface area (TPSA) is 307 Å². The third kappa shape index (κ3) is 38.6. The predicted molar refractivity (Wildman–Crippen MR) is 374 cm³/mol. The highest BCUT2D eigenvalue weighted by Gasteiger charge is 2.53. The summed E-state index contributed by atoms with van der Waals surface area (Å²) in [6.45, 7) is 1.72. The molecule has 0 radical (unpaired) electrons. The van der Waals surface area contributed by atoms with Crippen LogP contribution in [-0.4, -0.2) is 193 Å². The lowest BCUT2D eigenvalue weighted by Gasteiger charge is -2.48. The first kappa shape index (κ1) is 87.2. The smallest absolute Gasteiger partial charge is 0.220 e. The molecular weight excluding hydrogens is 1210 g/mol. The van der Waals surface area contributed by atoms with E-state index in [4.69, 9.17) is 28.4 Å². The molecule has 0 bridgehead atoms. The number of nitrogens with one attached hydrogen (secondary N) is 1. The van der Waals surface area contributed by atoms with Crippen molar-refractivity contribution in [1.29, 1.82) is 0 Å². The minimum absolute atomic E-state index is 0.236. The van der Waals surface area contributed by atoms with Gasteiger partial charge >= 0.3 is 0 Å². The van der Waals surface area contributed by atoms with Gasteiger partial charge in [-0.25, -0.2) is 0 Å². The molecule has 1 amide bonds. The van der Waals surface area contributed by atoms with Gasteiger partial charge < -0.3 is 89.9 Å². The number of ether oxygens (including phenoxy) is 6. The Morgan fingerprint density at radius 3 is 1.05 bits per heavy atom. The van der Waals surface area contributed by atoms with E-state index >= 15 is 0 Å². The average molecular weight is 1360 g/mol. The van der Waals surface area contributed by atoms with E-state index in [2.05, 4.69) is 43.5 Å². The number of unbranched alkanes of at least 4 members (excludes halogenated alkanes) is 41. The summed E-state index contributed by atoms with van der Waals surface area (Å²) in [6, 6.07) is -0.994. The Morgan fingerprint density at radius 1 is 0.368 bits per heavy atom. The van der Waals surface area contributed by atoms with E-state index in [-0.39, 0.29) is 18.9 Å². The maximum Gasteiger partial charge on any atom is 0.220 e. The molecule has 3 aliphatic rings. The first-order chi connectivity index (χ1) is 46.3. The van der Waals surface area contributed by atoms with Crippen LogP contribution in [0.15, 0.2) is 36.5 Å². The van der Waals surface area contributed by atoms with E-state index in [9.17, 15) is 61.0 Å². The number of aliphatic hydroxyl groups is 11. The van der Waals surface area contributed by atoms with Crippen molar-refractivity contribution in [2.75, 3.05) is 26.4 Å². The Hall–Kier alpha value is -1.99. The number of rotatable bonds is 61. The molecule has 3 rings (SSSR count). The van der Waals surface area contributed by atoms with E-state index < -0.39 is 124 Å². The number of allylic oxidation sites excluding steroid dienone is 5. The van der Waals surface area contributed by atoms with Crippen LogP contribution in [0.4, 0.5) is 0 Å². The van der Waals surface area contributed by atoms with Gasteiger partial charge in [0.25, 0.3) is 0 Å². The van der Waals surface area contributed by atoms with Gasteiger partial charge in [-0.05, 0) is 44.9 Å². The van der Waals surface area contributed by atoms with Gasteiger partial charge in [0, 0.05) is 6.42 Å². The highest BCUT2D eigenvalue weighted by molar-refractivity contribution is 5.76. The molecule has 0 aromatic carbocycles. The van der Waals surface area contributed by atoms with Crippen molar-refractivity contribution in [3.05, 3.63) is 36.5 Å². The summed E-state index contributed by atoms with van der Waals surface area (Å²) < 4.78 is 34.3. The second-order valence-corrected chi connectivity index (χ2v) is 27.8. The Bertz CT molecular complexity index is 1860. The van der Waals surface area contributed by atoms with Gasteiger partial charge in [-0.3, -0.25) is 4.79 Å². The van der Waals surface area contributed by atoms with Gasteiger partial charge in [-0.2, -0.15) is 0 Å². The summed E-state index contributed by atoms with van der Waals surface area (Å²) in [5, 5.41) is 121. The summed E-state index contributed by atoms with van der Waals surface area (Å²) in [7, 11) is 0. The molecule has 3 fully saturated rings. The summed E-state index contributed by atoms with van der Waals surface area (Å²) in [4.78, 5) is 13.4. The van der Waals surface area contributed by atoms with Crippen LogP contribution in [0.2, 0.25) is 0 Å². The summed E-state index contributed by atoms with van der Waals surface area (Å²) in [5.74, 6) is -0.285. The van der Waals surface area contributed by atoms with E-state index in [1.54, 1.807) is 6.08 Å². The van der Waals surface area contributed by atoms with Gasteiger partial charge in [0.2, 0.25) is 5.91 Å². The van der Waals surface area contributed by atoms with E-state index in [0.717, 1.165) is 44.9 Å². The van der Waals surface area contributed by atoms with Gasteiger partial charge in [0.1, 0.15) is 73.2 Å². The van der Waals surface area contributed by atoms with Crippen molar-refractivity contribution >= 4 is 5.91 Å². The van der Waals surface area contributed by atoms with Crippen LogP contribution >= 0.6 is 0 Å². The monoisotopic (exact) mass is 1360 g/mol. The lowest BCUT2D eigenvalue weighted by molar-refractivity contribution is -0.379. The minimum atomic E-state index is -1.98. The number of hydrogen-bond donors (Lipinski definition) is 12. The SMILES string of the molecule is CCCCCCC/C=C/CC/C=C/CC/C=C/C(O)C(COC1OC(CO)C(OC2OC(CO)C(OC3OC(CO)C(O)C(O)C3O)C(O)C2O)C(O)C1O)NC(=O)CCCCCCCCCCCCCCCCCCCCCCCCCCCCCCCCCCCCC. The number of hydrogen-bond acceptors (Lipinski definition) is 18. The molecule has 0 spiro atoms. The Balaban J connectivity index is 1.33. The third-order valence-corrected chi connectivity index (χ3v) is 19.4. The minimum Gasteiger partial charge on any atom is -0.394 e. The molecule has 0 saturated carbocycles. The van der Waals surface area contributed by atoms with Crippen LogP contribution in [0.3, 0.4) is 0 Å². The molecule has 0 aliphatic carbocycles. The molecule has 95 heavy (non-hydrogen) atoms. The van der Waals surface area contributed by atoms with Crippen LogP contribution < -0.4 is 5.32 Å². The van der Waals surface area contributed by atoms with Crippen molar-refractivity contribution in [3.63, 3.8) is 0 Å². The molecule has 558 valence electrons. The highest BCUT2D eigenvalue weighted by Crippen LogP contribution is 2.33. The van der Waals surface area contributed by atoms with Crippen molar-refractivity contribution in [2.24, 2.45) is 0 Å². The second kappa shape index (κ2) is 57.6. The fourth-order valence-electron chi connectivity index (χ4n) is 13.2. The number of amides is 1. The Kier molecular flexibility index (Phi) is 52.9. The van der Waals surface area contributed by atoms with Crippen LogP contribution in [0.5, 0.6) is 0 Å². The van der Waals surface area contributed by atoms with Crippen LogP contribution in [-0.2, 0) is 33.2 Å². The van der Waals surface area contributed by atoms with Crippen LogP contribution in [0, 0.1) is 0 Å². The third-order valence-electron chi connectivity index (χ3n) is 19.4. The standard InChI is InChI=1S/C76H141NO18/c1-3-5-7-9-11-13-15-17-19-20-21-22-23-24-25-26-27-28-29-30-31-32-33-34-35-36-37-38-40-42-44-46-48-50-52-54-64(82)77-59(60(81)53-51-49-47-45-43-41-39-18-16-14-12-10-8-6-4-2)58-90-74-70(88)67(85)72(62(56-79)92-74)95-76-71(89)68(86)73(63(57-80)93-76)94-75-69(87)66(84)65(83)61(55-78)91-75/h16,18,43,45,51,53,59-63,65-76,78-81,83-89H,3-15,17,19-42,44,46-50,52,54-58H2,1-2H3,(H,77,82)/b18-16+,45-43+,53-51+. The van der Waals surface area contributed by atoms with Crippen molar-refractivity contribution in [2.45, 2.75) is 413 Å². The summed E-state index contributed by atoms with van der Waals surface area (Å²) in [5.41, 5.74) is 0.